The molecule has 1 aliphatic heterocycles. The van der Waals surface area contributed by atoms with Crippen molar-refractivity contribution < 1.29 is 0 Å². The minimum absolute atomic E-state index is 1.04. The first-order valence-electron chi connectivity index (χ1n) is 10.0. The lowest BCUT2D eigenvalue weighted by Gasteiger charge is -2.16. The maximum absolute atomic E-state index is 2.53. The Morgan fingerprint density at radius 2 is 1.29 bits per heavy atom. The molecule has 1 heteroatoms. The Morgan fingerprint density at radius 3 is 2.00 bits per heavy atom. The van der Waals surface area contributed by atoms with E-state index in [2.05, 4.69) is 18.9 Å². The Bertz CT molecular complexity index is 214. The van der Waals surface area contributed by atoms with Crippen LogP contribution >= 0.6 is 0 Å². The Balaban J connectivity index is 1.93. The van der Waals surface area contributed by atoms with E-state index >= 15 is 0 Å². The quantitative estimate of drug-likeness (QED) is 0.420. The average molecular weight is 296 g/mol. The van der Waals surface area contributed by atoms with Gasteiger partial charge in [0, 0.05) is 0 Å². The van der Waals surface area contributed by atoms with Crippen LogP contribution in [0.15, 0.2) is 0 Å². The van der Waals surface area contributed by atoms with Crippen LogP contribution in [0.1, 0.15) is 103 Å². The van der Waals surface area contributed by atoms with Crippen LogP contribution in [0.3, 0.4) is 0 Å². The second-order valence-corrected chi connectivity index (χ2v) is 7.42. The molecule has 0 aromatic rings. The van der Waals surface area contributed by atoms with Crippen LogP contribution in [0.4, 0.5) is 0 Å². The van der Waals surface area contributed by atoms with Gasteiger partial charge in [-0.25, -0.2) is 0 Å². The molecule has 0 N–H and O–H groups in total. The standard InChI is InChI=1S/C20H41N/c1-3-4-5-6-7-8-9-10-11-15-20-16-12-13-18-21(2)19-14-17-20/h20H,3-19H2,1-2H3. The van der Waals surface area contributed by atoms with Gasteiger partial charge in [-0.15, -0.1) is 0 Å². The van der Waals surface area contributed by atoms with Gasteiger partial charge in [-0.2, -0.15) is 0 Å². The van der Waals surface area contributed by atoms with Crippen LogP contribution in [0.5, 0.6) is 0 Å². The van der Waals surface area contributed by atoms with Gasteiger partial charge in [0.25, 0.3) is 0 Å². The first-order chi connectivity index (χ1) is 10.3. The fourth-order valence-corrected chi connectivity index (χ4v) is 3.75. The molecule has 126 valence electrons. The summed E-state index contributed by atoms with van der Waals surface area (Å²) in [6.07, 6.45) is 22.0. The van der Waals surface area contributed by atoms with Crippen LogP contribution < -0.4 is 0 Å². The molecule has 0 amide bonds. The maximum atomic E-state index is 2.53. The molecule has 0 spiro atoms. The summed E-state index contributed by atoms with van der Waals surface area (Å²) in [6.45, 7) is 4.95. The zero-order chi connectivity index (χ0) is 15.2. The van der Waals surface area contributed by atoms with Crippen LogP contribution in [-0.2, 0) is 0 Å². The van der Waals surface area contributed by atoms with Crippen molar-refractivity contribution in [2.75, 3.05) is 20.1 Å². The van der Waals surface area contributed by atoms with Crippen molar-refractivity contribution >= 4 is 0 Å². The molecule has 21 heavy (non-hydrogen) atoms. The fourth-order valence-electron chi connectivity index (χ4n) is 3.75. The first kappa shape index (κ1) is 19.0. The van der Waals surface area contributed by atoms with Crippen LogP contribution in [0, 0.1) is 5.92 Å². The predicted octanol–water partition coefficient (Wildman–Crippen LogP) is 6.42. The van der Waals surface area contributed by atoms with Crippen molar-refractivity contribution in [3.8, 4) is 0 Å². The Hall–Kier alpha value is -0.0400. The smallest absolute Gasteiger partial charge is 0.00217 e. The molecule has 0 saturated carbocycles. The Kier molecular flexibility index (Phi) is 12.3. The second kappa shape index (κ2) is 13.6. The molecule has 1 saturated heterocycles. The normalized spacial score (nSPS) is 21.7. The highest BCUT2D eigenvalue weighted by molar-refractivity contribution is 4.65. The van der Waals surface area contributed by atoms with E-state index in [4.69, 9.17) is 0 Å². The van der Waals surface area contributed by atoms with Crippen molar-refractivity contribution in [2.24, 2.45) is 5.92 Å². The molecule has 1 atom stereocenters. The van der Waals surface area contributed by atoms with Crippen molar-refractivity contribution in [2.45, 2.75) is 103 Å². The minimum Gasteiger partial charge on any atom is -0.306 e. The van der Waals surface area contributed by atoms with Gasteiger partial charge < -0.3 is 4.90 Å². The summed E-state index contributed by atoms with van der Waals surface area (Å²) in [5.41, 5.74) is 0. The second-order valence-electron chi connectivity index (χ2n) is 7.42. The molecule has 0 bridgehead atoms. The summed E-state index contributed by atoms with van der Waals surface area (Å²) >= 11 is 0. The fraction of sp³-hybridized carbons (Fsp3) is 1.00. The predicted molar refractivity (Wildman–Crippen MR) is 95.9 cm³/mol. The molecule has 1 heterocycles. The minimum atomic E-state index is 1.04. The van der Waals surface area contributed by atoms with Crippen LogP contribution in [0.25, 0.3) is 0 Å². The molecule has 1 fully saturated rings. The highest BCUT2D eigenvalue weighted by Gasteiger charge is 2.11. The van der Waals surface area contributed by atoms with Gasteiger partial charge in [0.1, 0.15) is 0 Å². The topological polar surface area (TPSA) is 3.24 Å². The molecule has 0 aliphatic carbocycles. The van der Waals surface area contributed by atoms with Gasteiger partial charge in [-0.3, -0.25) is 0 Å². The summed E-state index contributed by atoms with van der Waals surface area (Å²) in [6, 6.07) is 0. The number of hydrogen-bond donors (Lipinski definition) is 0. The number of rotatable bonds is 10. The Labute approximate surface area is 134 Å². The lowest BCUT2D eigenvalue weighted by atomic mass is 9.91. The highest BCUT2D eigenvalue weighted by atomic mass is 15.1. The van der Waals surface area contributed by atoms with Gasteiger partial charge in [0.2, 0.25) is 0 Å². The maximum Gasteiger partial charge on any atom is -0.00217 e. The van der Waals surface area contributed by atoms with E-state index in [1.807, 2.05) is 0 Å². The van der Waals surface area contributed by atoms with Gasteiger partial charge in [0.15, 0.2) is 0 Å². The van der Waals surface area contributed by atoms with Gasteiger partial charge in [0.05, 0.1) is 0 Å². The number of hydrogen-bond acceptors (Lipinski definition) is 1. The monoisotopic (exact) mass is 295 g/mol. The van der Waals surface area contributed by atoms with Crippen molar-refractivity contribution in [3.63, 3.8) is 0 Å². The molecule has 1 nitrogen and oxygen atoms in total. The lowest BCUT2D eigenvalue weighted by molar-refractivity contribution is 0.322. The Morgan fingerprint density at radius 1 is 0.714 bits per heavy atom. The van der Waals surface area contributed by atoms with Crippen LogP contribution in [0.2, 0.25) is 0 Å². The van der Waals surface area contributed by atoms with E-state index in [9.17, 15) is 0 Å². The van der Waals surface area contributed by atoms with Crippen molar-refractivity contribution in [1.29, 1.82) is 0 Å². The van der Waals surface area contributed by atoms with Crippen LogP contribution in [-0.4, -0.2) is 25.0 Å². The SMILES string of the molecule is CCCCCCCCCCCC1CCCCN(C)CCC1. The summed E-state index contributed by atoms with van der Waals surface area (Å²) in [5, 5.41) is 0. The van der Waals surface area contributed by atoms with E-state index in [0.29, 0.717) is 0 Å². The summed E-state index contributed by atoms with van der Waals surface area (Å²) in [7, 11) is 2.29. The lowest BCUT2D eigenvalue weighted by Crippen LogP contribution is -2.20. The summed E-state index contributed by atoms with van der Waals surface area (Å²) < 4.78 is 0. The zero-order valence-electron chi connectivity index (χ0n) is 15.0. The van der Waals surface area contributed by atoms with E-state index in [1.165, 1.54) is 109 Å². The molecule has 1 aliphatic rings. The highest BCUT2D eigenvalue weighted by Crippen LogP contribution is 2.23. The van der Waals surface area contributed by atoms with Gasteiger partial charge in [-0.1, -0.05) is 84.0 Å². The third-order valence-corrected chi connectivity index (χ3v) is 5.27. The van der Waals surface area contributed by atoms with E-state index < -0.39 is 0 Å². The van der Waals surface area contributed by atoms with E-state index in [1.54, 1.807) is 0 Å². The molecular weight excluding hydrogens is 254 g/mol. The van der Waals surface area contributed by atoms with E-state index in [-0.39, 0.29) is 0 Å². The first-order valence-corrected chi connectivity index (χ1v) is 10.0. The largest absolute Gasteiger partial charge is 0.306 e. The van der Waals surface area contributed by atoms with Crippen molar-refractivity contribution in [1.82, 2.24) is 4.90 Å². The average Bonchev–Trinajstić information content (AvgIpc) is 2.58. The molecular formula is C20H41N. The molecule has 0 radical (unpaired) electrons. The molecule has 0 aromatic carbocycles. The molecule has 0 aromatic heterocycles. The third-order valence-electron chi connectivity index (χ3n) is 5.27. The zero-order valence-corrected chi connectivity index (χ0v) is 15.0. The number of nitrogens with zero attached hydrogens (tertiary/aromatic N) is 1. The molecule has 1 rings (SSSR count). The summed E-state index contributed by atoms with van der Waals surface area (Å²) in [4.78, 5) is 2.53. The van der Waals surface area contributed by atoms with Crippen molar-refractivity contribution in [3.05, 3.63) is 0 Å². The van der Waals surface area contributed by atoms with E-state index in [0.717, 1.165) is 5.92 Å². The molecule has 1 unspecified atom stereocenters. The van der Waals surface area contributed by atoms with Gasteiger partial charge in [-0.05, 0) is 45.3 Å². The third kappa shape index (κ3) is 11.2. The summed E-state index contributed by atoms with van der Waals surface area (Å²) in [5.74, 6) is 1.04. The number of unbranched alkanes of at least 4 members (excludes halogenated alkanes) is 8. The van der Waals surface area contributed by atoms with Gasteiger partial charge >= 0.3 is 0 Å².